The summed E-state index contributed by atoms with van der Waals surface area (Å²) in [7, 11) is 3.02. The molecule has 1 fully saturated rings. The van der Waals surface area contributed by atoms with Gasteiger partial charge in [-0.3, -0.25) is 9.63 Å². The maximum Gasteiger partial charge on any atom is 0.246 e. The van der Waals surface area contributed by atoms with Crippen LogP contribution in [-0.2, 0) is 19.1 Å². The average molecular weight is 229 g/mol. The number of carbonyl (C=O) groups excluding carboxylic acids is 1. The van der Waals surface area contributed by atoms with E-state index in [1.807, 2.05) is 6.92 Å². The van der Waals surface area contributed by atoms with Gasteiger partial charge >= 0.3 is 0 Å². The molecule has 0 aromatic carbocycles. The third-order valence-electron chi connectivity index (χ3n) is 2.78. The van der Waals surface area contributed by atoms with Crippen LogP contribution in [0.15, 0.2) is 12.7 Å². The van der Waals surface area contributed by atoms with Crippen LogP contribution in [0.25, 0.3) is 0 Å². The molecule has 92 valence electrons. The normalized spacial score (nSPS) is 20.4. The number of hydrogen-bond donors (Lipinski definition) is 0. The molecule has 1 rings (SSSR count). The van der Waals surface area contributed by atoms with E-state index in [-0.39, 0.29) is 12.3 Å². The van der Waals surface area contributed by atoms with Gasteiger partial charge in [0, 0.05) is 18.9 Å². The van der Waals surface area contributed by atoms with Gasteiger partial charge in [-0.15, -0.1) is 6.58 Å². The molecule has 1 atom stereocenters. The van der Waals surface area contributed by atoms with E-state index in [4.69, 9.17) is 14.3 Å². The predicted octanol–water partition coefficient (Wildman–Crippen LogP) is 0.962. The second-order valence-corrected chi connectivity index (χ2v) is 4.03. The highest BCUT2D eigenvalue weighted by molar-refractivity contribution is 5.75. The first-order valence-corrected chi connectivity index (χ1v) is 5.21. The van der Waals surface area contributed by atoms with Crippen LogP contribution in [0, 0.1) is 5.41 Å². The summed E-state index contributed by atoms with van der Waals surface area (Å²) in [4.78, 5) is 16.6. The Kier molecular flexibility index (Phi) is 4.46. The summed E-state index contributed by atoms with van der Waals surface area (Å²) in [6.07, 6.45) is 1.54. The summed E-state index contributed by atoms with van der Waals surface area (Å²) in [6, 6.07) is 0. The van der Waals surface area contributed by atoms with Gasteiger partial charge in [-0.1, -0.05) is 13.0 Å². The second-order valence-electron chi connectivity index (χ2n) is 4.03. The lowest BCUT2D eigenvalue weighted by molar-refractivity contribution is -0.176. The van der Waals surface area contributed by atoms with Crippen LogP contribution in [0.2, 0.25) is 0 Å². The maximum atomic E-state index is 11.7. The number of ether oxygens (including phenoxy) is 2. The number of hydrogen-bond acceptors (Lipinski definition) is 4. The minimum absolute atomic E-state index is 0.135. The molecule has 0 spiro atoms. The van der Waals surface area contributed by atoms with E-state index in [1.165, 1.54) is 12.2 Å². The van der Waals surface area contributed by atoms with Crippen LogP contribution in [0.1, 0.15) is 13.3 Å². The molecule has 1 saturated heterocycles. The molecule has 0 aromatic rings. The number of hydroxylamine groups is 2. The van der Waals surface area contributed by atoms with E-state index in [0.29, 0.717) is 13.2 Å². The molecular formula is C11H19NO4. The van der Waals surface area contributed by atoms with Crippen LogP contribution < -0.4 is 0 Å². The predicted molar refractivity (Wildman–Crippen MR) is 58.4 cm³/mol. The van der Waals surface area contributed by atoms with Gasteiger partial charge in [0.25, 0.3) is 0 Å². The van der Waals surface area contributed by atoms with Crippen LogP contribution in [0.4, 0.5) is 0 Å². The van der Waals surface area contributed by atoms with Gasteiger partial charge in [-0.05, 0) is 0 Å². The van der Waals surface area contributed by atoms with Crippen LogP contribution >= 0.6 is 0 Å². The van der Waals surface area contributed by atoms with Crippen molar-refractivity contribution in [3.63, 3.8) is 0 Å². The van der Waals surface area contributed by atoms with E-state index < -0.39 is 11.7 Å². The Labute approximate surface area is 95.9 Å². The van der Waals surface area contributed by atoms with Crippen molar-refractivity contribution in [3.8, 4) is 0 Å². The van der Waals surface area contributed by atoms with Gasteiger partial charge < -0.3 is 9.47 Å². The summed E-state index contributed by atoms with van der Waals surface area (Å²) in [5.74, 6) is -0.135. The summed E-state index contributed by atoms with van der Waals surface area (Å²) >= 11 is 0. The number of rotatable bonds is 5. The Morgan fingerprint density at radius 3 is 2.62 bits per heavy atom. The fraction of sp³-hybridized carbons (Fsp3) is 0.727. The van der Waals surface area contributed by atoms with Crippen molar-refractivity contribution in [1.29, 1.82) is 0 Å². The molecule has 5 nitrogen and oxygen atoms in total. The third kappa shape index (κ3) is 2.81. The van der Waals surface area contributed by atoms with Crippen molar-refractivity contribution < 1.29 is 19.1 Å². The molecule has 0 bridgehead atoms. The monoisotopic (exact) mass is 229 g/mol. The Hall–Kier alpha value is -0.910. The van der Waals surface area contributed by atoms with Crippen molar-refractivity contribution in [3.05, 3.63) is 12.7 Å². The van der Waals surface area contributed by atoms with Crippen molar-refractivity contribution >= 4 is 5.91 Å². The summed E-state index contributed by atoms with van der Waals surface area (Å²) in [5, 5.41) is 1.19. The molecule has 1 aliphatic heterocycles. The first-order valence-electron chi connectivity index (χ1n) is 5.21. The second kappa shape index (κ2) is 5.43. The first kappa shape index (κ1) is 13.2. The zero-order chi connectivity index (χ0) is 12.2. The van der Waals surface area contributed by atoms with Crippen molar-refractivity contribution in [2.75, 3.05) is 27.4 Å². The van der Waals surface area contributed by atoms with Gasteiger partial charge in [-0.25, -0.2) is 5.06 Å². The highest BCUT2D eigenvalue weighted by atomic mass is 16.7. The van der Waals surface area contributed by atoms with Gasteiger partial charge in [0.15, 0.2) is 6.29 Å². The molecule has 16 heavy (non-hydrogen) atoms. The summed E-state index contributed by atoms with van der Waals surface area (Å²) in [6.45, 7) is 6.75. The van der Waals surface area contributed by atoms with Crippen molar-refractivity contribution in [1.82, 2.24) is 5.06 Å². The number of amides is 1. The molecule has 0 aromatic heterocycles. The van der Waals surface area contributed by atoms with E-state index >= 15 is 0 Å². The highest BCUT2D eigenvalue weighted by Gasteiger charge is 2.38. The largest absolute Gasteiger partial charge is 0.349 e. The molecule has 1 aliphatic rings. The lowest BCUT2D eigenvalue weighted by Crippen LogP contribution is -2.37. The molecule has 0 aliphatic carbocycles. The maximum absolute atomic E-state index is 11.7. The van der Waals surface area contributed by atoms with Crippen LogP contribution in [0.5, 0.6) is 0 Å². The van der Waals surface area contributed by atoms with E-state index in [0.717, 1.165) is 0 Å². The standard InChI is InChI=1S/C11H19NO4/c1-5-11(2,10-15-6-7-16-10)8-9(13)12(3)14-4/h5,10H,1,6-8H2,2-4H3/t11-/m1/s1. The first-order chi connectivity index (χ1) is 7.53. The van der Waals surface area contributed by atoms with E-state index in [9.17, 15) is 4.79 Å². The fourth-order valence-electron chi connectivity index (χ4n) is 1.53. The molecule has 0 radical (unpaired) electrons. The lowest BCUT2D eigenvalue weighted by Gasteiger charge is -2.31. The lowest BCUT2D eigenvalue weighted by atomic mass is 9.85. The van der Waals surface area contributed by atoms with Gasteiger partial charge in [0.1, 0.15) is 0 Å². The van der Waals surface area contributed by atoms with E-state index in [1.54, 1.807) is 13.1 Å². The molecule has 1 amide bonds. The Morgan fingerprint density at radius 2 is 2.19 bits per heavy atom. The average Bonchev–Trinajstić information content (AvgIpc) is 2.81. The van der Waals surface area contributed by atoms with Gasteiger partial charge in [-0.2, -0.15) is 0 Å². The summed E-state index contributed by atoms with van der Waals surface area (Å²) in [5.41, 5.74) is -0.527. The number of nitrogens with zero attached hydrogens (tertiary/aromatic N) is 1. The molecule has 0 N–H and O–H groups in total. The Morgan fingerprint density at radius 1 is 1.62 bits per heavy atom. The van der Waals surface area contributed by atoms with Crippen molar-refractivity contribution in [2.24, 2.45) is 5.41 Å². The SMILES string of the molecule is C=C[C@](C)(CC(=O)N(C)OC)C1OCCO1. The highest BCUT2D eigenvalue weighted by Crippen LogP contribution is 2.33. The molecular weight excluding hydrogens is 210 g/mol. The molecule has 5 heteroatoms. The Balaban J connectivity index is 2.65. The van der Waals surface area contributed by atoms with Crippen LogP contribution in [-0.4, -0.2) is 44.6 Å². The van der Waals surface area contributed by atoms with Gasteiger partial charge in [0.2, 0.25) is 5.91 Å². The van der Waals surface area contributed by atoms with Gasteiger partial charge in [0.05, 0.1) is 20.3 Å². The molecule has 0 unspecified atom stereocenters. The van der Waals surface area contributed by atoms with E-state index in [2.05, 4.69) is 6.58 Å². The Bertz CT molecular complexity index is 263. The summed E-state index contributed by atoms with van der Waals surface area (Å²) < 4.78 is 10.8. The third-order valence-corrected chi connectivity index (χ3v) is 2.78. The van der Waals surface area contributed by atoms with Crippen LogP contribution in [0.3, 0.4) is 0 Å². The zero-order valence-electron chi connectivity index (χ0n) is 10.1. The fourth-order valence-corrected chi connectivity index (χ4v) is 1.53. The topological polar surface area (TPSA) is 48.0 Å². The zero-order valence-corrected chi connectivity index (χ0v) is 10.1. The van der Waals surface area contributed by atoms with Crippen molar-refractivity contribution in [2.45, 2.75) is 19.6 Å². The number of carbonyl (C=O) groups is 1. The smallest absolute Gasteiger partial charge is 0.246 e. The quantitative estimate of drug-likeness (QED) is 0.520. The minimum atomic E-state index is -0.527. The molecule has 1 heterocycles. The minimum Gasteiger partial charge on any atom is -0.349 e. The molecule has 0 saturated carbocycles.